The molecule has 4 rings (SSSR count). The van der Waals surface area contributed by atoms with Gasteiger partial charge < -0.3 is 5.32 Å². The number of halogens is 1. The first kappa shape index (κ1) is 19.7. The van der Waals surface area contributed by atoms with Gasteiger partial charge in [0, 0.05) is 39.9 Å². The number of nitrogens with one attached hydrogen (secondary N) is 1. The van der Waals surface area contributed by atoms with Gasteiger partial charge in [-0.3, -0.25) is 14.6 Å². The van der Waals surface area contributed by atoms with Gasteiger partial charge >= 0.3 is 0 Å². The van der Waals surface area contributed by atoms with Crippen molar-refractivity contribution in [1.29, 1.82) is 0 Å². The van der Waals surface area contributed by atoms with Crippen LogP contribution < -0.4 is 5.32 Å². The number of rotatable bonds is 3. The Labute approximate surface area is 173 Å². The predicted molar refractivity (Wildman–Crippen MR) is 114 cm³/mol. The molecule has 1 aliphatic carbocycles. The van der Waals surface area contributed by atoms with Gasteiger partial charge in [0.25, 0.3) is 0 Å². The van der Waals surface area contributed by atoms with Crippen molar-refractivity contribution < 1.29 is 14.0 Å². The number of amides is 1. The van der Waals surface area contributed by atoms with E-state index >= 15 is 0 Å². The van der Waals surface area contributed by atoms with Gasteiger partial charge in [0.2, 0.25) is 5.91 Å². The molecule has 2 heterocycles. The summed E-state index contributed by atoms with van der Waals surface area (Å²) in [6.07, 6.45) is 1.17. The molecule has 2 aliphatic rings. The van der Waals surface area contributed by atoms with Gasteiger partial charge in [-0.25, -0.2) is 4.39 Å². The van der Waals surface area contributed by atoms with Gasteiger partial charge in [0.15, 0.2) is 5.78 Å². The minimum atomic E-state index is -0.581. The van der Waals surface area contributed by atoms with Crippen LogP contribution >= 0.6 is 11.3 Å². The molecule has 0 radical (unpaired) electrons. The molecule has 0 saturated heterocycles. The van der Waals surface area contributed by atoms with Crippen molar-refractivity contribution in [2.75, 3.05) is 5.32 Å². The summed E-state index contributed by atoms with van der Waals surface area (Å²) < 4.78 is 13.2. The maximum Gasteiger partial charge on any atom is 0.234 e. The van der Waals surface area contributed by atoms with Gasteiger partial charge in [0.05, 0.1) is 5.92 Å². The van der Waals surface area contributed by atoms with Crippen molar-refractivity contribution in [2.45, 2.75) is 39.5 Å². The number of benzene rings is 1. The van der Waals surface area contributed by atoms with Gasteiger partial charge in [0.1, 0.15) is 5.82 Å². The second kappa shape index (κ2) is 7.34. The number of carbonyl (C=O) groups excluding carboxylic acids is 2. The van der Waals surface area contributed by atoms with Crippen LogP contribution in [0.15, 0.2) is 58.0 Å². The highest BCUT2D eigenvalue weighted by Crippen LogP contribution is 2.48. The second-order valence-corrected chi connectivity index (χ2v) is 9.50. The average molecular weight is 411 g/mol. The molecule has 6 heteroatoms. The van der Waals surface area contributed by atoms with Gasteiger partial charge in [-0.15, -0.1) is 11.3 Å². The highest BCUT2D eigenvalue weighted by atomic mass is 32.1. The lowest BCUT2D eigenvalue weighted by Gasteiger charge is -2.38. The quantitative estimate of drug-likeness (QED) is 0.742. The fourth-order valence-electron chi connectivity index (χ4n) is 4.31. The Hall–Kier alpha value is -2.60. The SMILES string of the molecule is CC1=NC2=C(C(=O)CC(C)(C)C2)[C@H](c2cccs2)C1C(=O)Nc1ccc(F)cc1. The smallest absolute Gasteiger partial charge is 0.234 e. The molecule has 2 aromatic rings. The normalized spacial score (nSPS) is 23.4. The Bertz CT molecular complexity index is 1020. The number of nitrogens with zero attached hydrogens (tertiary/aromatic N) is 1. The minimum absolute atomic E-state index is 0.0745. The van der Waals surface area contributed by atoms with Crippen LogP contribution in [0, 0.1) is 17.2 Å². The molecular weight excluding hydrogens is 387 g/mol. The first-order chi connectivity index (χ1) is 13.7. The zero-order valence-corrected chi connectivity index (χ0v) is 17.5. The summed E-state index contributed by atoms with van der Waals surface area (Å²) in [6.45, 7) is 6.01. The number of anilines is 1. The molecule has 150 valence electrons. The highest BCUT2D eigenvalue weighted by molar-refractivity contribution is 7.10. The maximum atomic E-state index is 13.3. The molecule has 29 heavy (non-hydrogen) atoms. The molecule has 2 atom stereocenters. The number of hydrogen-bond donors (Lipinski definition) is 1. The first-order valence-electron chi connectivity index (χ1n) is 9.66. The van der Waals surface area contributed by atoms with Crippen LogP contribution in [0.2, 0.25) is 0 Å². The van der Waals surface area contributed by atoms with Crippen LogP contribution in [-0.4, -0.2) is 17.4 Å². The summed E-state index contributed by atoms with van der Waals surface area (Å²) >= 11 is 1.55. The molecule has 1 aliphatic heterocycles. The van der Waals surface area contributed by atoms with Crippen LogP contribution in [-0.2, 0) is 9.59 Å². The molecule has 1 aromatic heterocycles. The van der Waals surface area contributed by atoms with E-state index in [2.05, 4.69) is 19.2 Å². The topological polar surface area (TPSA) is 58.5 Å². The van der Waals surface area contributed by atoms with Crippen LogP contribution in [0.5, 0.6) is 0 Å². The van der Waals surface area contributed by atoms with E-state index in [-0.39, 0.29) is 28.8 Å². The molecule has 4 nitrogen and oxygen atoms in total. The van der Waals surface area contributed by atoms with E-state index in [1.54, 1.807) is 11.3 Å². The number of hydrogen-bond acceptors (Lipinski definition) is 4. The summed E-state index contributed by atoms with van der Waals surface area (Å²) in [4.78, 5) is 32.1. The molecule has 1 amide bonds. The summed E-state index contributed by atoms with van der Waals surface area (Å²) in [7, 11) is 0. The highest BCUT2D eigenvalue weighted by Gasteiger charge is 2.45. The Morgan fingerprint density at radius 2 is 1.93 bits per heavy atom. The van der Waals surface area contributed by atoms with Gasteiger partial charge in [-0.2, -0.15) is 0 Å². The summed E-state index contributed by atoms with van der Waals surface area (Å²) in [5, 5.41) is 4.83. The van der Waals surface area contributed by atoms with E-state index in [1.165, 1.54) is 24.3 Å². The van der Waals surface area contributed by atoms with Crippen molar-refractivity contribution in [3.05, 3.63) is 63.7 Å². The molecule has 0 saturated carbocycles. The average Bonchev–Trinajstić information content (AvgIpc) is 3.15. The zero-order valence-electron chi connectivity index (χ0n) is 16.7. The standard InChI is InChI=1S/C23H23FN2O2S/c1-13-19(22(28)26-15-8-6-14(24)7-9-15)21(18-5-4-10-29-18)20-16(25-13)11-23(2,3)12-17(20)27/h4-10,19,21H,11-12H2,1-3H3,(H,26,28)/t19?,21-/m1/s1. The molecule has 1 N–H and O–H groups in total. The van der Waals surface area contributed by atoms with Crippen molar-refractivity contribution in [3.63, 3.8) is 0 Å². The minimum Gasteiger partial charge on any atom is -0.325 e. The van der Waals surface area contributed by atoms with E-state index in [1.807, 2.05) is 24.4 Å². The Morgan fingerprint density at radius 1 is 1.21 bits per heavy atom. The summed E-state index contributed by atoms with van der Waals surface area (Å²) in [5.74, 6) is -1.44. The van der Waals surface area contributed by atoms with Crippen molar-refractivity contribution in [1.82, 2.24) is 0 Å². The van der Waals surface area contributed by atoms with Crippen molar-refractivity contribution in [2.24, 2.45) is 16.3 Å². The van der Waals surface area contributed by atoms with Crippen molar-refractivity contribution in [3.8, 4) is 0 Å². The zero-order chi connectivity index (χ0) is 20.8. The molecule has 1 unspecified atom stereocenters. The largest absolute Gasteiger partial charge is 0.325 e. The molecular formula is C23H23FN2O2S. The third kappa shape index (κ3) is 3.81. The lowest BCUT2D eigenvalue weighted by molar-refractivity contribution is -0.119. The third-order valence-corrected chi connectivity index (χ3v) is 6.50. The van der Waals surface area contributed by atoms with Crippen LogP contribution in [0.3, 0.4) is 0 Å². The van der Waals surface area contributed by atoms with Crippen LogP contribution in [0.1, 0.15) is 44.4 Å². The number of allylic oxidation sites excluding steroid dienone is 2. The lowest BCUT2D eigenvalue weighted by Crippen LogP contribution is -2.40. The fourth-order valence-corrected chi connectivity index (χ4v) is 5.19. The Morgan fingerprint density at radius 3 is 2.59 bits per heavy atom. The van der Waals surface area contributed by atoms with Crippen LogP contribution in [0.4, 0.5) is 10.1 Å². The molecule has 0 spiro atoms. The van der Waals surface area contributed by atoms with E-state index in [0.29, 0.717) is 23.4 Å². The van der Waals surface area contributed by atoms with E-state index in [4.69, 9.17) is 4.99 Å². The van der Waals surface area contributed by atoms with E-state index < -0.39 is 5.92 Å². The Kier molecular flexibility index (Phi) is 4.99. The number of ketones is 1. The second-order valence-electron chi connectivity index (χ2n) is 8.52. The number of Topliss-reactive ketones (excluding diaryl/α,β-unsaturated/α-hetero) is 1. The van der Waals surface area contributed by atoms with Gasteiger partial charge in [-0.05, 0) is 54.5 Å². The molecule has 0 bridgehead atoms. The van der Waals surface area contributed by atoms with E-state index in [0.717, 1.165) is 17.0 Å². The Balaban J connectivity index is 1.75. The summed E-state index contributed by atoms with van der Waals surface area (Å²) in [6, 6.07) is 9.59. The van der Waals surface area contributed by atoms with Crippen molar-refractivity contribution >= 4 is 34.4 Å². The molecule has 1 aromatic carbocycles. The number of thiophene rings is 1. The lowest BCUT2D eigenvalue weighted by atomic mass is 9.68. The van der Waals surface area contributed by atoms with Crippen LogP contribution in [0.25, 0.3) is 0 Å². The van der Waals surface area contributed by atoms with E-state index in [9.17, 15) is 14.0 Å². The number of carbonyl (C=O) groups is 2. The molecule has 0 fully saturated rings. The number of aliphatic imine (C=N–C) groups is 1. The maximum absolute atomic E-state index is 13.3. The monoisotopic (exact) mass is 410 g/mol. The third-order valence-electron chi connectivity index (χ3n) is 5.55. The van der Waals surface area contributed by atoms with Gasteiger partial charge in [-0.1, -0.05) is 19.9 Å². The fraction of sp³-hybridized carbons (Fsp3) is 0.348. The first-order valence-corrected chi connectivity index (χ1v) is 10.5. The predicted octanol–water partition coefficient (Wildman–Crippen LogP) is 5.34. The summed E-state index contributed by atoms with van der Waals surface area (Å²) in [5.41, 5.74) is 2.57.